The number of hydrogen-bond donors (Lipinski definition) is 2. The van der Waals surface area contributed by atoms with E-state index < -0.39 is 12.0 Å². The molecule has 0 aromatic heterocycles. The Hall–Kier alpha value is -0.970. The Balaban J connectivity index is 2.30. The molecule has 0 bridgehead atoms. The highest BCUT2D eigenvalue weighted by molar-refractivity contribution is 6.35. The predicted molar refractivity (Wildman–Crippen MR) is 69.5 cm³/mol. The normalized spacial score (nSPS) is 19.8. The maximum atomic E-state index is 10.9. The fourth-order valence-electron chi connectivity index (χ4n) is 1.97. The fraction of sp³-hybridized carbons (Fsp3) is 0.417. The predicted octanol–water partition coefficient (Wildman–Crippen LogP) is 2.88. The molecule has 1 unspecified atom stereocenters. The third kappa shape index (κ3) is 2.71. The number of ether oxygens (including phenoxy) is 1. The van der Waals surface area contributed by atoms with E-state index in [1.807, 2.05) is 0 Å². The third-order valence-corrected chi connectivity index (χ3v) is 3.39. The van der Waals surface area contributed by atoms with Crippen molar-refractivity contribution < 1.29 is 14.6 Å². The summed E-state index contributed by atoms with van der Waals surface area (Å²) in [5, 5.41) is 12.9. The van der Waals surface area contributed by atoms with Crippen molar-refractivity contribution in [3.8, 4) is 5.75 Å². The van der Waals surface area contributed by atoms with Crippen LogP contribution in [0.25, 0.3) is 0 Å². The van der Waals surface area contributed by atoms with Crippen molar-refractivity contribution in [2.75, 3.05) is 6.61 Å². The Kier molecular flexibility index (Phi) is 4.00. The topological polar surface area (TPSA) is 58.6 Å². The van der Waals surface area contributed by atoms with Crippen LogP contribution in [0.1, 0.15) is 24.9 Å². The molecule has 98 valence electrons. The molecule has 0 saturated heterocycles. The average Bonchev–Trinajstić information content (AvgIpc) is 2.29. The van der Waals surface area contributed by atoms with Crippen molar-refractivity contribution >= 4 is 29.2 Å². The lowest BCUT2D eigenvalue weighted by atomic mass is 9.99. The van der Waals surface area contributed by atoms with Crippen molar-refractivity contribution in [1.82, 2.24) is 5.32 Å². The number of aliphatic carboxylic acids is 1. The minimum atomic E-state index is -0.892. The van der Waals surface area contributed by atoms with Gasteiger partial charge in [-0.3, -0.25) is 10.1 Å². The van der Waals surface area contributed by atoms with Gasteiger partial charge in [-0.25, -0.2) is 0 Å². The Morgan fingerprint density at radius 2 is 2.28 bits per heavy atom. The SMILES string of the molecule is C[C@@H](NC1CCOc2c(Cl)cc(Cl)cc21)C(=O)O. The number of carboxylic acids is 1. The van der Waals surface area contributed by atoms with Gasteiger partial charge in [0.1, 0.15) is 11.8 Å². The standard InChI is InChI=1S/C12H13Cl2NO3/c1-6(12(16)17)15-10-2-3-18-11-8(10)4-7(13)5-9(11)14/h4-6,10,15H,2-3H2,1H3,(H,16,17)/t6-,10?/m1/s1. The number of hydrogen-bond acceptors (Lipinski definition) is 3. The van der Waals surface area contributed by atoms with Gasteiger partial charge in [0, 0.05) is 23.0 Å². The lowest BCUT2D eigenvalue weighted by molar-refractivity contribution is -0.139. The number of nitrogens with one attached hydrogen (secondary N) is 1. The van der Waals surface area contributed by atoms with Gasteiger partial charge in [0.15, 0.2) is 0 Å². The molecule has 0 saturated carbocycles. The molecule has 0 radical (unpaired) electrons. The van der Waals surface area contributed by atoms with Crippen molar-refractivity contribution in [3.63, 3.8) is 0 Å². The molecule has 2 N–H and O–H groups in total. The second-order valence-electron chi connectivity index (χ2n) is 4.22. The molecule has 1 aromatic carbocycles. The van der Waals surface area contributed by atoms with Gasteiger partial charge in [-0.05, 0) is 19.1 Å². The smallest absolute Gasteiger partial charge is 0.320 e. The molecule has 1 aliphatic heterocycles. The molecule has 6 heteroatoms. The van der Waals surface area contributed by atoms with Crippen molar-refractivity contribution in [2.24, 2.45) is 0 Å². The summed E-state index contributed by atoms with van der Waals surface area (Å²) in [5.41, 5.74) is 0.812. The van der Waals surface area contributed by atoms with Gasteiger partial charge in [0.25, 0.3) is 0 Å². The van der Waals surface area contributed by atoms with Gasteiger partial charge in [-0.15, -0.1) is 0 Å². The fourth-order valence-corrected chi connectivity index (χ4v) is 2.54. The lowest BCUT2D eigenvalue weighted by Crippen LogP contribution is -2.38. The quantitative estimate of drug-likeness (QED) is 0.898. The largest absolute Gasteiger partial charge is 0.492 e. The number of carbonyl (C=O) groups is 1. The molecule has 1 heterocycles. The molecule has 0 spiro atoms. The minimum absolute atomic E-state index is 0.115. The van der Waals surface area contributed by atoms with Crippen LogP contribution in [-0.2, 0) is 4.79 Å². The molecule has 2 rings (SSSR count). The van der Waals surface area contributed by atoms with E-state index in [-0.39, 0.29) is 6.04 Å². The van der Waals surface area contributed by atoms with Gasteiger partial charge in [0.05, 0.1) is 11.6 Å². The third-order valence-electron chi connectivity index (χ3n) is 2.89. The summed E-state index contributed by atoms with van der Waals surface area (Å²) in [4.78, 5) is 10.9. The number of fused-ring (bicyclic) bond motifs is 1. The van der Waals surface area contributed by atoms with Gasteiger partial charge in [-0.1, -0.05) is 23.2 Å². The van der Waals surface area contributed by atoms with Gasteiger partial charge in [0.2, 0.25) is 0 Å². The van der Waals surface area contributed by atoms with E-state index in [1.165, 1.54) is 0 Å². The number of rotatable bonds is 3. The number of carboxylic acid groups (broad SMARTS) is 1. The number of halogens is 2. The Morgan fingerprint density at radius 3 is 2.94 bits per heavy atom. The Morgan fingerprint density at radius 1 is 1.56 bits per heavy atom. The maximum Gasteiger partial charge on any atom is 0.320 e. The average molecular weight is 290 g/mol. The zero-order chi connectivity index (χ0) is 13.3. The number of benzene rings is 1. The first-order valence-corrected chi connectivity index (χ1v) is 6.35. The van der Waals surface area contributed by atoms with Crippen molar-refractivity contribution in [3.05, 3.63) is 27.7 Å². The van der Waals surface area contributed by atoms with Crippen LogP contribution >= 0.6 is 23.2 Å². The summed E-state index contributed by atoms with van der Waals surface area (Å²) >= 11 is 12.0. The summed E-state index contributed by atoms with van der Waals surface area (Å²) in [6.45, 7) is 2.10. The van der Waals surface area contributed by atoms with E-state index in [2.05, 4.69) is 5.32 Å². The van der Waals surface area contributed by atoms with E-state index in [4.69, 9.17) is 33.0 Å². The van der Waals surface area contributed by atoms with Crippen LogP contribution in [0.5, 0.6) is 5.75 Å². The molecular weight excluding hydrogens is 277 g/mol. The maximum absolute atomic E-state index is 10.9. The van der Waals surface area contributed by atoms with Crippen molar-refractivity contribution in [1.29, 1.82) is 0 Å². The van der Waals surface area contributed by atoms with Crippen LogP contribution in [-0.4, -0.2) is 23.7 Å². The lowest BCUT2D eigenvalue weighted by Gasteiger charge is -2.29. The minimum Gasteiger partial charge on any atom is -0.492 e. The molecule has 1 aliphatic rings. The summed E-state index contributed by atoms with van der Waals surface area (Å²) < 4.78 is 5.50. The highest BCUT2D eigenvalue weighted by atomic mass is 35.5. The van der Waals surface area contributed by atoms with Crippen LogP contribution in [0.2, 0.25) is 10.0 Å². The molecule has 2 atom stereocenters. The summed E-state index contributed by atoms with van der Waals surface area (Å²) in [6, 6.07) is 2.62. The van der Waals surface area contributed by atoms with E-state index >= 15 is 0 Å². The molecule has 18 heavy (non-hydrogen) atoms. The monoisotopic (exact) mass is 289 g/mol. The molecule has 4 nitrogen and oxygen atoms in total. The van der Waals surface area contributed by atoms with Crippen LogP contribution < -0.4 is 10.1 Å². The van der Waals surface area contributed by atoms with E-state index in [0.29, 0.717) is 28.8 Å². The Labute approximate surface area is 115 Å². The zero-order valence-corrected chi connectivity index (χ0v) is 11.3. The summed E-state index contributed by atoms with van der Waals surface area (Å²) in [5.74, 6) is -0.307. The Bertz CT molecular complexity index is 479. The van der Waals surface area contributed by atoms with E-state index in [0.717, 1.165) is 5.56 Å². The van der Waals surface area contributed by atoms with Gasteiger partial charge in [-0.2, -0.15) is 0 Å². The second-order valence-corrected chi connectivity index (χ2v) is 5.07. The van der Waals surface area contributed by atoms with Gasteiger partial charge < -0.3 is 9.84 Å². The molecule has 0 aliphatic carbocycles. The second kappa shape index (κ2) is 5.34. The van der Waals surface area contributed by atoms with Crippen LogP contribution in [0.3, 0.4) is 0 Å². The highest BCUT2D eigenvalue weighted by Gasteiger charge is 2.26. The molecule has 1 aromatic rings. The highest BCUT2D eigenvalue weighted by Crippen LogP contribution is 2.40. The van der Waals surface area contributed by atoms with Crippen LogP contribution in [0.15, 0.2) is 12.1 Å². The van der Waals surface area contributed by atoms with Gasteiger partial charge >= 0.3 is 5.97 Å². The summed E-state index contributed by atoms with van der Waals surface area (Å²) in [6.07, 6.45) is 0.682. The van der Waals surface area contributed by atoms with Crippen molar-refractivity contribution in [2.45, 2.75) is 25.4 Å². The first-order chi connectivity index (χ1) is 8.49. The molecule has 0 fully saturated rings. The first kappa shape index (κ1) is 13.5. The molecular formula is C12H13Cl2NO3. The summed E-state index contributed by atoms with van der Waals surface area (Å²) in [7, 11) is 0. The zero-order valence-electron chi connectivity index (χ0n) is 9.74. The van der Waals surface area contributed by atoms with E-state index in [1.54, 1.807) is 19.1 Å². The molecule has 0 amide bonds. The van der Waals surface area contributed by atoms with Crippen LogP contribution in [0, 0.1) is 0 Å². The van der Waals surface area contributed by atoms with Crippen LogP contribution in [0.4, 0.5) is 0 Å². The first-order valence-electron chi connectivity index (χ1n) is 5.59. The van der Waals surface area contributed by atoms with E-state index in [9.17, 15) is 4.79 Å².